The van der Waals surface area contributed by atoms with Crippen molar-refractivity contribution in [3.63, 3.8) is 0 Å². The normalized spacial score (nSPS) is 16.0. The minimum atomic E-state index is -0.152. The van der Waals surface area contributed by atoms with Crippen LogP contribution in [0.1, 0.15) is 11.8 Å². The van der Waals surface area contributed by atoms with Crippen molar-refractivity contribution in [1.29, 1.82) is 0 Å². The van der Waals surface area contributed by atoms with Crippen molar-refractivity contribution in [2.75, 3.05) is 17.8 Å². The molecule has 3 rings (SSSR count). The van der Waals surface area contributed by atoms with Crippen LogP contribution in [0, 0.1) is 0 Å². The fourth-order valence-electron chi connectivity index (χ4n) is 2.25. The lowest BCUT2D eigenvalue weighted by Crippen LogP contribution is -2.30. The highest BCUT2D eigenvalue weighted by molar-refractivity contribution is 8.14. The predicted octanol–water partition coefficient (Wildman–Crippen LogP) is 4.91. The van der Waals surface area contributed by atoms with E-state index < -0.39 is 0 Å². The van der Waals surface area contributed by atoms with Crippen molar-refractivity contribution < 1.29 is 9.53 Å². The average Bonchev–Trinajstić information content (AvgIpc) is 3.17. The summed E-state index contributed by atoms with van der Waals surface area (Å²) in [5.74, 6) is 1.24. The van der Waals surface area contributed by atoms with Gasteiger partial charge in [0.2, 0.25) is 0 Å². The third-order valence-electron chi connectivity index (χ3n) is 3.32. The van der Waals surface area contributed by atoms with Gasteiger partial charge in [-0.1, -0.05) is 36.4 Å². The topological polar surface area (TPSA) is 41.9 Å². The summed E-state index contributed by atoms with van der Waals surface area (Å²) in [5.41, 5.74) is 1.11. The molecule has 1 aromatic heterocycles. The summed E-state index contributed by atoms with van der Waals surface area (Å²) >= 11 is 9.30. The summed E-state index contributed by atoms with van der Waals surface area (Å²) in [6, 6.07) is 9.18. The molecule has 1 aliphatic rings. The van der Waals surface area contributed by atoms with E-state index in [0.717, 1.165) is 10.6 Å². The maximum Gasteiger partial charge on any atom is 0.283 e. The molecule has 1 amide bonds. The molecular weight excluding hydrogens is 364 g/mol. The van der Waals surface area contributed by atoms with Gasteiger partial charge in [-0.2, -0.15) is 0 Å². The van der Waals surface area contributed by atoms with Gasteiger partial charge in [0.15, 0.2) is 5.17 Å². The van der Waals surface area contributed by atoms with Crippen molar-refractivity contribution in [1.82, 2.24) is 0 Å². The number of hydrogen-bond acceptors (Lipinski definition) is 5. The molecule has 2 aromatic rings. The number of halogens is 1. The summed E-state index contributed by atoms with van der Waals surface area (Å²) < 4.78 is 5.17. The van der Waals surface area contributed by atoms with Crippen LogP contribution in [-0.4, -0.2) is 23.9 Å². The van der Waals surface area contributed by atoms with Gasteiger partial charge in [0.25, 0.3) is 5.91 Å². The first-order valence-electron chi connectivity index (χ1n) is 7.28. The number of hydrogen-bond donors (Lipinski definition) is 0. The van der Waals surface area contributed by atoms with Crippen LogP contribution in [0.15, 0.2) is 46.4 Å². The van der Waals surface area contributed by atoms with E-state index in [0.29, 0.717) is 27.3 Å². The second kappa shape index (κ2) is 7.42. The molecule has 0 radical (unpaired) electrons. The summed E-state index contributed by atoms with van der Waals surface area (Å²) in [6.45, 7) is 2.03. The molecule has 0 aliphatic carbocycles. The number of rotatable bonds is 4. The first-order valence-corrected chi connectivity index (χ1v) is 9.53. The largest absolute Gasteiger partial charge is 0.495 e. The summed E-state index contributed by atoms with van der Waals surface area (Å²) in [7, 11) is 1.56. The highest BCUT2D eigenvalue weighted by atomic mass is 35.5. The van der Waals surface area contributed by atoms with Crippen LogP contribution in [0.2, 0.25) is 5.02 Å². The van der Waals surface area contributed by atoms with E-state index in [-0.39, 0.29) is 5.91 Å². The Morgan fingerprint density at radius 3 is 2.88 bits per heavy atom. The highest BCUT2D eigenvalue weighted by Crippen LogP contribution is 2.34. The van der Waals surface area contributed by atoms with Crippen molar-refractivity contribution >= 4 is 57.5 Å². The number of amidine groups is 1. The Bertz CT molecular complexity index is 816. The lowest BCUT2D eigenvalue weighted by molar-refractivity contribution is -0.113. The first kappa shape index (κ1) is 17.1. The maximum absolute atomic E-state index is 12.8. The number of thioether (sulfide) groups is 1. The van der Waals surface area contributed by atoms with E-state index in [1.807, 2.05) is 36.6 Å². The predicted molar refractivity (Wildman–Crippen MR) is 103 cm³/mol. The molecule has 0 N–H and O–H groups in total. The molecule has 0 saturated heterocycles. The summed E-state index contributed by atoms with van der Waals surface area (Å²) in [5, 5.41) is 3.09. The van der Waals surface area contributed by atoms with Crippen LogP contribution in [0.3, 0.4) is 0 Å². The Morgan fingerprint density at radius 2 is 2.25 bits per heavy atom. The van der Waals surface area contributed by atoms with Crippen LogP contribution in [0.4, 0.5) is 5.69 Å². The number of carbonyl (C=O) groups is 1. The second-order valence-corrected chi connectivity index (χ2v) is 7.45. The van der Waals surface area contributed by atoms with E-state index >= 15 is 0 Å². The number of ether oxygens (including phenoxy) is 1. The van der Waals surface area contributed by atoms with E-state index in [9.17, 15) is 4.79 Å². The Kier molecular flexibility index (Phi) is 5.28. The zero-order chi connectivity index (χ0) is 17.1. The Labute approximate surface area is 153 Å². The Balaban J connectivity index is 1.99. The van der Waals surface area contributed by atoms with Gasteiger partial charge < -0.3 is 4.74 Å². The van der Waals surface area contributed by atoms with E-state index in [4.69, 9.17) is 16.3 Å². The summed E-state index contributed by atoms with van der Waals surface area (Å²) in [6.07, 6.45) is 1.81. The van der Waals surface area contributed by atoms with Gasteiger partial charge in [0.1, 0.15) is 11.4 Å². The van der Waals surface area contributed by atoms with Crippen LogP contribution in [0.25, 0.3) is 6.08 Å². The van der Waals surface area contributed by atoms with E-state index in [1.165, 1.54) is 11.8 Å². The van der Waals surface area contributed by atoms with Crippen molar-refractivity contribution in [3.05, 3.63) is 51.3 Å². The fraction of sp³-hybridized carbons (Fsp3) is 0.176. The first-order chi connectivity index (χ1) is 11.6. The average molecular weight is 379 g/mol. The van der Waals surface area contributed by atoms with Gasteiger partial charge in [-0.3, -0.25) is 9.69 Å². The number of methoxy groups -OCH3 is 1. The van der Waals surface area contributed by atoms with Crippen LogP contribution >= 0.6 is 34.7 Å². The monoisotopic (exact) mass is 378 g/mol. The van der Waals surface area contributed by atoms with Gasteiger partial charge in [0, 0.05) is 4.88 Å². The molecule has 0 spiro atoms. The number of aliphatic imine (C=N–C) groups is 1. The van der Waals surface area contributed by atoms with Crippen molar-refractivity contribution in [2.24, 2.45) is 4.99 Å². The fourth-order valence-corrected chi connectivity index (χ4v) is 3.89. The number of benzene rings is 1. The molecule has 0 bridgehead atoms. The van der Waals surface area contributed by atoms with Crippen LogP contribution < -0.4 is 9.64 Å². The minimum absolute atomic E-state index is 0.152. The standard InChI is InChI=1S/C17H15ClN2O2S2/c1-3-23-17-19-14(10-12-5-4-8-24-12)16(21)20(17)11-6-7-15(22-2)13(18)9-11/h4-10H,3H2,1-2H3/b14-10-. The van der Waals surface area contributed by atoms with E-state index in [2.05, 4.69) is 4.99 Å². The molecular formula is C17H15ClN2O2S2. The Morgan fingerprint density at radius 1 is 1.42 bits per heavy atom. The molecule has 1 aromatic carbocycles. The lowest BCUT2D eigenvalue weighted by Gasteiger charge is -2.18. The van der Waals surface area contributed by atoms with Crippen molar-refractivity contribution in [3.8, 4) is 5.75 Å². The third kappa shape index (κ3) is 3.36. The van der Waals surface area contributed by atoms with Crippen molar-refractivity contribution in [2.45, 2.75) is 6.92 Å². The maximum atomic E-state index is 12.8. The van der Waals surface area contributed by atoms with Gasteiger partial charge in [-0.15, -0.1) is 11.3 Å². The molecule has 0 saturated carbocycles. The van der Waals surface area contributed by atoms with Gasteiger partial charge in [-0.05, 0) is 41.5 Å². The zero-order valence-corrected chi connectivity index (χ0v) is 15.5. The van der Waals surface area contributed by atoms with Gasteiger partial charge >= 0.3 is 0 Å². The quantitative estimate of drug-likeness (QED) is 0.710. The Hall–Kier alpha value is -1.76. The highest BCUT2D eigenvalue weighted by Gasteiger charge is 2.32. The van der Waals surface area contributed by atoms with E-state index in [1.54, 1.807) is 35.5 Å². The number of thiophene rings is 1. The van der Waals surface area contributed by atoms with Crippen LogP contribution in [0.5, 0.6) is 5.75 Å². The smallest absolute Gasteiger partial charge is 0.283 e. The lowest BCUT2D eigenvalue weighted by atomic mass is 10.2. The SMILES string of the molecule is CCSC1=N/C(=C\c2cccs2)C(=O)N1c1ccc(OC)c(Cl)c1. The second-order valence-electron chi connectivity index (χ2n) is 4.83. The number of carbonyl (C=O) groups excluding carboxylic acids is 1. The number of anilines is 1. The number of nitrogens with zero attached hydrogens (tertiary/aromatic N) is 2. The molecule has 0 unspecified atom stereocenters. The molecule has 0 atom stereocenters. The molecule has 2 heterocycles. The van der Waals surface area contributed by atoms with Crippen LogP contribution in [-0.2, 0) is 4.79 Å². The van der Waals surface area contributed by atoms with Gasteiger partial charge in [-0.25, -0.2) is 4.99 Å². The molecule has 7 heteroatoms. The third-order valence-corrected chi connectivity index (χ3v) is 5.25. The molecule has 0 fully saturated rings. The summed E-state index contributed by atoms with van der Waals surface area (Å²) in [4.78, 5) is 20.0. The molecule has 4 nitrogen and oxygen atoms in total. The minimum Gasteiger partial charge on any atom is -0.495 e. The zero-order valence-electron chi connectivity index (χ0n) is 13.2. The van der Waals surface area contributed by atoms with Gasteiger partial charge in [0.05, 0.1) is 17.8 Å². The molecule has 24 heavy (non-hydrogen) atoms. The molecule has 1 aliphatic heterocycles. The molecule has 124 valence electrons. The number of amides is 1.